The van der Waals surface area contributed by atoms with Crippen molar-refractivity contribution in [3.8, 4) is 5.69 Å². The Balaban J connectivity index is 2.60. The normalized spacial score (nSPS) is 10.9. The molecule has 0 atom stereocenters. The number of rotatable bonds is 2. The molecular formula is C14H18N2O. The Morgan fingerprint density at radius 3 is 2.12 bits per heavy atom. The summed E-state index contributed by atoms with van der Waals surface area (Å²) >= 11 is 0. The smallest absolute Gasteiger partial charge is 0.0718 e. The van der Waals surface area contributed by atoms with E-state index in [9.17, 15) is 5.11 Å². The molecule has 2 aromatic rings. The van der Waals surface area contributed by atoms with Crippen LogP contribution in [0.15, 0.2) is 18.2 Å². The minimum absolute atomic E-state index is 0.0441. The van der Waals surface area contributed by atoms with Gasteiger partial charge < -0.3 is 5.11 Å². The van der Waals surface area contributed by atoms with E-state index >= 15 is 0 Å². The van der Waals surface area contributed by atoms with Crippen molar-refractivity contribution in [1.82, 2.24) is 9.78 Å². The Morgan fingerprint density at radius 1 is 1.06 bits per heavy atom. The molecular weight excluding hydrogens is 212 g/mol. The molecule has 0 unspecified atom stereocenters. The minimum Gasteiger partial charge on any atom is -0.392 e. The summed E-state index contributed by atoms with van der Waals surface area (Å²) in [6.45, 7) is 8.12. The molecule has 17 heavy (non-hydrogen) atoms. The highest BCUT2D eigenvalue weighted by atomic mass is 16.3. The minimum atomic E-state index is 0.0441. The third-order valence-electron chi connectivity index (χ3n) is 3.05. The summed E-state index contributed by atoms with van der Waals surface area (Å²) in [4.78, 5) is 0. The zero-order valence-electron chi connectivity index (χ0n) is 10.8. The van der Waals surface area contributed by atoms with Gasteiger partial charge in [0, 0.05) is 11.3 Å². The molecule has 0 saturated carbocycles. The first-order valence-corrected chi connectivity index (χ1v) is 5.77. The van der Waals surface area contributed by atoms with E-state index < -0.39 is 0 Å². The standard InChI is InChI=1S/C14H18N2O/c1-9-5-10(2)7-13(6-9)16-12(4)14(8-17)11(3)15-16/h5-7,17H,8H2,1-4H3. The maximum absolute atomic E-state index is 9.32. The molecule has 0 aliphatic heterocycles. The van der Waals surface area contributed by atoms with E-state index in [1.807, 2.05) is 18.5 Å². The van der Waals surface area contributed by atoms with Crippen molar-refractivity contribution < 1.29 is 5.11 Å². The van der Waals surface area contributed by atoms with Gasteiger partial charge in [-0.05, 0) is 51.0 Å². The van der Waals surface area contributed by atoms with Gasteiger partial charge in [-0.15, -0.1) is 0 Å². The van der Waals surface area contributed by atoms with E-state index in [4.69, 9.17) is 0 Å². The van der Waals surface area contributed by atoms with Gasteiger partial charge in [0.1, 0.15) is 0 Å². The molecule has 0 bridgehead atoms. The third-order valence-corrected chi connectivity index (χ3v) is 3.05. The number of nitrogens with zero attached hydrogens (tertiary/aromatic N) is 2. The number of hydrogen-bond donors (Lipinski definition) is 1. The van der Waals surface area contributed by atoms with Crippen molar-refractivity contribution in [3.63, 3.8) is 0 Å². The van der Waals surface area contributed by atoms with Gasteiger partial charge in [-0.1, -0.05) is 6.07 Å². The first-order chi connectivity index (χ1) is 8.02. The van der Waals surface area contributed by atoms with E-state index in [0.717, 1.165) is 22.6 Å². The predicted molar refractivity (Wildman–Crippen MR) is 68.4 cm³/mol. The third kappa shape index (κ3) is 2.11. The second-order valence-electron chi connectivity index (χ2n) is 4.57. The summed E-state index contributed by atoms with van der Waals surface area (Å²) in [5.74, 6) is 0. The highest BCUT2D eigenvalue weighted by molar-refractivity contribution is 5.42. The maximum atomic E-state index is 9.32. The largest absolute Gasteiger partial charge is 0.392 e. The van der Waals surface area contributed by atoms with E-state index in [1.54, 1.807) is 0 Å². The molecule has 3 nitrogen and oxygen atoms in total. The van der Waals surface area contributed by atoms with Crippen LogP contribution in [0.1, 0.15) is 28.1 Å². The number of aliphatic hydroxyl groups excluding tert-OH is 1. The number of benzene rings is 1. The second kappa shape index (κ2) is 4.34. The van der Waals surface area contributed by atoms with Gasteiger partial charge in [0.2, 0.25) is 0 Å². The summed E-state index contributed by atoms with van der Waals surface area (Å²) in [5, 5.41) is 13.8. The molecule has 0 spiro atoms. The molecule has 3 heteroatoms. The average molecular weight is 230 g/mol. The van der Waals surface area contributed by atoms with E-state index in [0.29, 0.717) is 0 Å². The summed E-state index contributed by atoms with van der Waals surface area (Å²) in [6.07, 6.45) is 0. The number of aromatic nitrogens is 2. The van der Waals surface area contributed by atoms with E-state index in [-0.39, 0.29) is 6.61 Å². The van der Waals surface area contributed by atoms with Gasteiger partial charge in [-0.3, -0.25) is 0 Å². The average Bonchev–Trinajstić information content (AvgIpc) is 2.52. The van der Waals surface area contributed by atoms with Crippen molar-refractivity contribution in [1.29, 1.82) is 0 Å². The fraction of sp³-hybridized carbons (Fsp3) is 0.357. The topological polar surface area (TPSA) is 38.0 Å². The Kier molecular flexibility index (Phi) is 3.03. The number of hydrogen-bond acceptors (Lipinski definition) is 2. The highest BCUT2D eigenvalue weighted by Crippen LogP contribution is 2.19. The summed E-state index contributed by atoms with van der Waals surface area (Å²) in [6, 6.07) is 6.35. The first-order valence-electron chi connectivity index (χ1n) is 5.77. The molecule has 0 fully saturated rings. The Morgan fingerprint density at radius 2 is 1.65 bits per heavy atom. The van der Waals surface area contributed by atoms with Gasteiger partial charge in [0.05, 0.1) is 18.0 Å². The molecule has 0 aliphatic carbocycles. The second-order valence-corrected chi connectivity index (χ2v) is 4.57. The molecule has 1 aromatic heterocycles. The zero-order valence-corrected chi connectivity index (χ0v) is 10.8. The summed E-state index contributed by atoms with van der Waals surface area (Å²) in [5.41, 5.74) is 6.32. The molecule has 0 amide bonds. The van der Waals surface area contributed by atoms with Crippen LogP contribution >= 0.6 is 0 Å². The molecule has 2 rings (SSSR count). The Labute approximate surface area is 102 Å². The van der Waals surface area contributed by atoms with Crippen LogP contribution in [0.5, 0.6) is 0 Å². The van der Waals surface area contributed by atoms with Crippen LogP contribution in [-0.2, 0) is 6.61 Å². The van der Waals surface area contributed by atoms with Gasteiger partial charge in [-0.2, -0.15) is 5.10 Å². The number of aryl methyl sites for hydroxylation is 3. The van der Waals surface area contributed by atoms with Crippen LogP contribution in [0.2, 0.25) is 0 Å². The Bertz CT molecular complexity index is 535. The van der Waals surface area contributed by atoms with Crippen LogP contribution in [0.3, 0.4) is 0 Å². The van der Waals surface area contributed by atoms with Gasteiger partial charge in [0.25, 0.3) is 0 Å². The van der Waals surface area contributed by atoms with Crippen LogP contribution in [-0.4, -0.2) is 14.9 Å². The first kappa shape index (κ1) is 11.9. The van der Waals surface area contributed by atoms with Crippen molar-refractivity contribution in [2.45, 2.75) is 34.3 Å². The molecule has 0 saturated heterocycles. The monoisotopic (exact) mass is 230 g/mol. The van der Waals surface area contributed by atoms with E-state index in [1.165, 1.54) is 11.1 Å². The van der Waals surface area contributed by atoms with Gasteiger partial charge in [-0.25, -0.2) is 4.68 Å². The van der Waals surface area contributed by atoms with Crippen LogP contribution < -0.4 is 0 Å². The van der Waals surface area contributed by atoms with Crippen LogP contribution in [0, 0.1) is 27.7 Å². The van der Waals surface area contributed by atoms with E-state index in [2.05, 4.69) is 37.1 Å². The van der Waals surface area contributed by atoms with Gasteiger partial charge >= 0.3 is 0 Å². The van der Waals surface area contributed by atoms with Crippen molar-refractivity contribution in [2.24, 2.45) is 0 Å². The Hall–Kier alpha value is -1.61. The molecule has 1 N–H and O–H groups in total. The molecule has 90 valence electrons. The highest BCUT2D eigenvalue weighted by Gasteiger charge is 2.11. The fourth-order valence-corrected chi connectivity index (χ4v) is 2.23. The fourth-order valence-electron chi connectivity index (χ4n) is 2.23. The lowest BCUT2D eigenvalue weighted by Crippen LogP contribution is -2.00. The van der Waals surface area contributed by atoms with Gasteiger partial charge in [0.15, 0.2) is 0 Å². The lowest BCUT2D eigenvalue weighted by Gasteiger charge is -2.07. The van der Waals surface area contributed by atoms with Crippen molar-refractivity contribution in [2.75, 3.05) is 0 Å². The van der Waals surface area contributed by atoms with Crippen LogP contribution in [0.25, 0.3) is 5.69 Å². The summed E-state index contributed by atoms with van der Waals surface area (Å²) in [7, 11) is 0. The molecule has 0 aliphatic rings. The lowest BCUT2D eigenvalue weighted by atomic mass is 10.1. The maximum Gasteiger partial charge on any atom is 0.0718 e. The molecule has 1 heterocycles. The summed E-state index contributed by atoms with van der Waals surface area (Å²) < 4.78 is 1.90. The molecule has 1 aromatic carbocycles. The zero-order chi connectivity index (χ0) is 12.6. The quantitative estimate of drug-likeness (QED) is 0.861. The number of aliphatic hydroxyl groups is 1. The SMILES string of the molecule is Cc1cc(C)cc(-n2nc(C)c(CO)c2C)c1. The lowest BCUT2D eigenvalue weighted by molar-refractivity contribution is 0.280. The van der Waals surface area contributed by atoms with Crippen LogP contribution in [0.4, 0.5) is 0 Å². The predicted octanol–water partition coefficient (Wildman–Crippen LogP) is 2.60. The van der Waals surface area contributed by atoms with Crippen molar-refractivity contribution >= 4 is 0 Å². The van der Waals surface area contributed by atoms with Crippen molar-refractivity contribution in [3.05, 3.63) is 46.3 Å². The molecule has 0 radical (unpaired) electrons.